The van der Waals surface area contributed by atoms with Crippen LogP contribution >= 0.6 is 0 Å². The van der Waals surface area contributed by atoms with Crippen molar-refractivity contribution >= 4 is 0 Å². The maximum atomic E-state index is 3.95. The van der Waals surface area contributed by atoms with Crippen molar-refractivity contribution < 1.29 is 0 Å². The first-order chi connectivity index (χ1) is 7.75. The lowest BCUT2D eigenvalue weighted by Crippen LogP contribution is -2.18. The lowest BCUT2D eigenvalue weighted by molar-refractivity contribution is 0.560. The third-order valence-electron chi connectivity index (χ3n) is 2.68. The first kappa shape index (κ1) is 10.9. The van der Waals surface area contributed by atoms with Crippen molar-refractivity contribution in [1.29, 1.82) is 0 Å². The van der Waals surface area contributed by atoms with Crippen molar-refractivity contribution in [2.24, 2.45) is 0 Å². The molecule has 0 amide bonds. The van der Waals surface area contributed by atoms with Gasteiger partial charge in [-0.2, -0.15) is 5.10 Å². The van der Waals surface area contributed by atoms with Gasteiger partial charge in [0.1, 0.15) is 0 Å². The van der Waals surface area contributed by atoms with Gasteiger partial charge < -0.3 is 5.32 Å². The number of aryl methyl sites for hydroxylation is 1. The quantitative estimate of drug-likeness (QED) is 0.823. The number of nitrogens with one attached hydrogen (secondary N) is 2. The van der Waals surface area contributed by atoms with Crippen LogP contribution < -0.4 is 5.32 Å². The van der Waals surface area contributed by atoms with Crippen LogP contribution in [0.25, 0.3) is 0 Å². The van der Waals surface area contributed by atoms with Gasteiger partial charge in [0, 0.05) is 18.8 Å². The lowest BCUT2D eigenvalue weighted by Gasteiger charge is -2.12. The molecule has 0 fully saturated rings. The van der Waals surface area contributed by atoms with Crippen molar-refractivity contribution in [2.45, 2.75) is 26.4 Å². The molecule has 16 heavy (non-hydrogen) atoms. The van der Waals surface area contributed by atoms with Crippen LogP contribution in [0.2, 0.25) is 0 Å². The molecule has 0 aliphatic rings. The van der Waals surface area contributed by atoms with Gasteiger partial charge in [0.2, 0.25) is 0 Å². The Morgan fingerprint density at radius 3 is 2.94 bits per heavy atom. The van der Waals surface area contributed by atoms with Crippen molar-refractivity contribution in [3.63, 3.8) is 0 Å². The number of rotatable bonds is 4. The standard InChI is InChI=1S/C13H17N3/c1-10-4-3-5-12(8-10)9-14-11(2)13-6-7-15-16-13/h3-8,11,14H,9H2,1-2H3,(H,15,16). The molecule has 0 saturated heterocycles. The van der Waals surface area contributed by atoms with Crippen molar-refractivity contribution in [3.05, 3.63) is 53.3 Å². The summed E-state index contributed by atoms with van der Waals surface area (Å²) in [6, 6.07) is 10.8. The Morgan fingerprint density at radius 1 is 1.38 bits per heavy atom. The van der Waals surface area contributed by atoms with Crippen LogP contribution in [0.1, 0.15) is 29.8 Å². The molecule has 2 rings (SSSR count). The van der Waals surface area contributed by atoms with Crippen molar-refractivity contribution in [1.82, 2.24) is 15.5 Å². The normalized spacial score (nSPS) is 12.6. The Morgan fingerprint density at radius 2 is 2.25 bits per heavy atom. The molecule has 3 nitrogen and oxygen atoms in total. The van der Waals surface area contributed by atoms with E-state index in [9.17, 15) is 0 Å². The Hall–Kier alpha value is -1.61. The highest BCUT2D eigenvalue weighted by molar-refractivity contribution is 5.22. The molecular weight excluding hydrogens is 198 g/mol. The second kappa shape index (κ2) is 4.94. The first-order valence-corrected chi connectivity index (χ1v) is 5.54. The Kier molecular flexibility index (Phi) is 3.37. The zero-order valence-electron chi connectivity index (χ0n) is 9.70. The van der Waals surface area contributed by atoms with E-state index < -0.39 is 0 Å². The molecule has 84 valence electrons. The Labute approximate surface area is 95.9 Å². The molecule has 1 aromatic heterocycles. The molecule has 2 N–H and O–H groups in total. The fourth-order valence-corrected chi connectivity index (χ4v) is 1.71. The first-order valence-electron chi connectivity index (χ1n) is 5.54. The molecule has 0 saturated carbocycles. The number of aromatic nitrogens is 2. The highest BCUT2D eigenvalue weighted by atomic mass is 15.1. The van der Waals surface area contributed by atoms with E-state index in [0.717, 1.165) is 12.2 Å². The molecule has 1 atom stereocenters. The summed E-state index contributed by atoms with van der Waals surface area (Å²) in [5.41, 5.74) is 3.73. The molecule has 0 aliphatic heterocycles. The summed E-state index contributed by atoms with van der Waals surface area (Å²) in [4.78, 5) is 0. The van der Waals surface area contributed by atoms with Crippen LogP contribution in [0.5, 0.6) is 0 Å². The summed E-state index contributed by atoms with van der Waals surface area (Å²) < 4.78 is 0. The second-order valence-corrected chi connectivity index (χ2v) is 4.10. The van der Waals surface area contributed by atoms with Gasteiger partial charge in [0.15, 0.2) is 0 Å². The molecule has 1 unspecified atom stereocenters. The Balaban J connectivity index is 1.92. The van der Waals surface area contributed by atoms with E-state index in [1.54, 1.807) is 6.20 Å². The summed E-state index contributed by atoms with van der Waals surface area (Å²) >= 11 is 0. The fourth-order valence-electron chi connectivity index (χ4n) is 1.71. The summed E-state index contributed by atoms with van der Waals surface area (Å²) in [7, 11) is 0. The predicted octanol–water partition coefficient (Wildman–Crippen LogP) is 2.57. The third kappa shape index (κ3) is 2.70. The van der Waals surface area contributed by atoms with Crippen LogP contribution in [-0.2, 0) is 6.54 Å². The minimum Gasteiger partial charge on any atom is -0.305 e. The molecule has 0 aliphatic carbocycles. The summed E-state index contributed by atoms with van der Waals surface area (Å²) in [6.07, 6.45) is 1.78. The number of hydrogen-bond acceptors (Lipinski definition) is 2. The summed E-state index contributed by atoms with van der Waals surface area (Å²) in [6.45, 7) is 5.12. The summed E-state index contributed by atoms with van der Waals surface area (Å²) in [5.74, 6) is 0. The maximum Gasteiger partial charge on any atom is 0.0518 e. The van der Waals surface area contributed by atoms with Gasteiger partial charge in [-0.15, -0.1) is 0 Å². The SMILES string of the molecule is Cc1cccc(CNC(C)c2ccn[nH]2)c1. The van der Waals surface area contributed by atoms with E-state index in [1.165, 1.54) is 11.1 Å². The number of H-pyrrole nitrogens is 1. The number of hydrogen-bond donors (Lipinski definition) is 2. The summed E-state index contributed by atoms with van der Waals surface area (Å²) in [5, 5.41) is 10.4. The van der Waals surface area contributed by atoms with E-state index in [1.807, 2.05) is 6.07 Å². The van der Waals surface area contributed by atoms with E-state index in [4.69, 9.17) is 0 Å². The van der Waals surface area contributed by atoms with Crippen molar-refractivity contribution in [2.75, 3.05) is 0 Å². The number of benzene rings is 1. The minimum absolute atomic E-state index is 0.294. The van der Waals surface area contributed by atoms with E-state index in [-0.39, 0.29) is 0 Å². The molecule has 0 spiro atoms. The highest BCUT2D eigenvalue weighted by Gasteiger charge is 2.05. The maximum absolute atomic E-state index is 3.95. The second-order valence-electron chi connectivity index (χ2n) is 4.10. The fraction of sp³-hybridized carbons (Fsp3) is 0.308. The van der Waals surface area contributed by atoms with Crippen molar-refractivity contribution in [3.8, 4) is 0 Å². The van der Waals surface area contributed by atoms with Crippen LogP contribution in [0.15, 0.2) is 36.5 Å². The van der Waals surface area contributed by atoms with Gasteiger partial charge in [-0.25, -0.2) is 0 Å². The molecule has 2 aromatic rings. The highest BCUT2D eigenvalue weighted by Crippen LogP contribution is 2.10. The number of aromatic amines is 1. The molecular formula is C13H17N3. The van der Waals surface area contributed by atoms with Crippen LogP contribution in [0.3, 0.4) is 0 Å². The average Bonchev–Trinajstić information content (AvgIpc) is 2.79. The molecule has 0 radical (unpaired) electrons. The topological polar surface area (TPSA) is 40.7 Å². The van der Waals surface area contributed by atoms with Crippen LogP contribution in [-0.4, -0.2) is 10.2 Å². The van der Waals surface area contributed by atoms with E-state index in [0.29, 0.717) is 6.04 Å². The van der Waals surface area contributed by atoms with Gasteiger partial charge in [0.25, 0.3) is 0 Å². The van der Waals surface area contributed by atoms with Gasteiger partial charge in [-0.3, -0.25) is 5.10 Å². The average molecular weight is 215 g/mol. The predicted molar refractivity (Wildman–Crippen MR) is 65.0 cm³/mol. The van der Waals surface area contributed by atoms with Gasteiger partial charge in [0.05, 0.1) is 5.69 Å². The molecule has 1 heterocycles. The van der Waals surface area contributed by atoms with E-state index in [2.05, 4.69) is 53.6 Å². The monoisotopic (exact) mass is 215 g/mol. The van der Waals surface area contributed by atoms with Gasteiger partial charge in [-0.1, -0.05) is 29.8 Å². The molecule has 1 aromatic carbocycles. The van der Waals surface area contributed by atoms with E-state index >= 15 is 0 Å². The lowest BCUT2D eigenvalue weighted by atomic mass is 10.1. The Bertz CT molecular complexity index is 434. The van der Waals surface area contributed by atoms with Gasteiger partial charge >= 0.3 is 0 Å². The number of nitrogens with zero attached hydrogens (tertiary/aromatic N) is 1. The minimum atomic E-state index is 0.294. The molecule has 3 heteroatoms. The van der Waals surface area contributed by atoms with Crippen LogP contribution in [0.4, 0.5) is 0 Å². The zero-order valence-corrected chi connectivity index (χ0v) is 9.70. The van der Waals surface area contributed by atoms with Crippen LogP contribution in [0, 0.1) is 6.92 Å². The van der Waals surface area contributed by atoms with Gasteiger partial charge in [-0.05, 0) is 25.5 Å². The third-order valence-corrected chi connectivity index (χ3v) is 2.68. The molecule has 0 bridgehead atoms. The smallest absolute Gasteiger partial charge is 0.0518 e. The largest absolute Gasteiger partial charge is 0.305 e. The zero-order chi connectivity index (χ0) is 11.4.